The number of rotatable bonds is 17. The number of nitrogens with zero attached hydrogens (tertiary/aromatic N) is 6. The smallest absolute Gasteiger partial charge is 0.413 e. The van der Waals surface area contributed by atoms with Gasteiger partial charge in [-0.2, -0.15) is 5.10 Å². The molecular formula is C53H48N8O8S4. The van der Waals surface area contributed by atoms with Crippen molar-refractivity contribution in [3.63, 3.8) is 0 Å². The number of aromatic nitrogens is 4. The number of hydrogen-bond donors (Lipinski definition) is 2. The SMILES string of the molecule is Cn1ncnc1SCSC1=C(C(=O)OC(c2ccccc2)c2ccccc2)N2C(=O)[C@@H](NC(=O)/C(=N/OC(c3ccccc3)(c3ccccc3)c3ccccc3)c3csc(NC(=O)OC(C)(C)C)n3)[C@H]2S(=O)C1. The number of carbonyl (C=O) groups excluding carboxylic acids is 4. The molecule has 2 aromatic heterocycles. The van der Waals surface area contributed by atoms with E-state index in [-0.39, 0.29) is 28.0 Å². The highest BCUT2D eigenvalue weighted by molar-refractivity contribution is 8.18. The van der Waals surface area contributed by atoms with Gasteiger partial charge >= 0.3 is 12.1 Å². The van der Waals surface area contributed by atoms with Gasteiger partial charge in [-0.15, -0.1) is 23.1 Å². The van der Waals surface area contributed by atoms with Crippen molar-refractivity contribution in [1.82, 2.24) is 30.0 Å². The molecule has 1 saturated heterocycles. The molecule has 372 valence electrons. The Balaban J connectivity index is 1.07. The molecule has 16 nitrogen and oxygen atoms in total. The number of ether oxygens (including phenoxy) is 2. The van der Waals surface area contributed by atoms with E-state index in [1.807, 2.05) is 152 Å². The second kappa shape index (κ2) is 22.2. The molecule has 9 rings (SSSR count). The van der Waals surface area contributed by atoms with Crippen LogP contribution >= 0.6 is 34.9 Å². The molecule has 2 aliphatic heterocycles. The summed E-state index contributed by atoms with van der Waals surface area (Å²) in [7, 11) is -0.0825. The lowest BCUT2D eigenvalue weighted by molar-refractivity contribution is -0.154. The summed E-state index contributed by atoms with van der Waals surface area (Å²) in [6.07, 6.45) is -0.200. The van der Waals surface area contributed by atoms with Gasteiger partial charge in [-0.3, -0.25) is 24.0 Å². The average molecular weight is 1050 g/mol. The number of esters is 1. The summed E-state index contributed by atoms with van der Waals surface area (Å²) in [6, 6.07) is 45.2. The first kappa shape index (κ1) is 50.5. The number of amides is 3. The number of oxime groups is 1. The summed E-state index contributed by atoms with van der Waals surface area (Å²) >= 11 is 3.60. The number of anilines is 1. The van der Waals surface area contributed by atoms with Crippen LogP contribution in [0.3, 0.4) is 0 Å². The second-order valence-corrected chi connectivity index (χ2v) is 22.3. The number of fused-ring (bicyclic) bond motifs is 1. The number of benzene rings is 5. The Bertz CT molecular complexity index is 3050. The predicted octanol–water partition coefficient (Wildman–Crippen LogP) is 8.77. The van der Waals surface area contributed by atoms with Gasteiger partial charge in [0.1, 0.15) is 34.7 Å². The Kier molecular flexibility index (Phi) is 15.3. The Labute approximate surface area is 436 Å². The first-order valence-electron chi connectivity index (χ1n) is 22.8. The number of aryl methyl sites for hydroxylation is 1. The molecule has 4 heterocycles. The molecule has 20 heteroatoms. The van der Waals surface area contributed by atoms with E-state index in [1.165, 1.54) is 40.1 Å². The number of carbonyl (C=O) groups is 4. The largest absolute Gasteiger partial charge is 0.448 e. The van der Waals surface area contributed by atoms with Crippen LogP contribution in [0.25, 0.3) is 0 Å². The molecule has 1 fully saturated rings. The fraction of sp³-hybridized carbons (Fsp3) is 0.208. The van der Waals surface area contributed by atoms with Crippen molar-refractivity contribution in [3.05, 3.63) is 207 Å². The van der Waals surface area contributed by atoms with Gasteiger partial charge < -0.3 is 19.6 Å². The topological polar surface area (TPSA) is 196 Å². The molecular weight excluding hydrogens is 1000 g/mol. The number of β-lactam (4-membered cyclic amide) rings is 1. The third-order valence-electron chi connectivity index (χ3n) is 11.5. The summed E-state index contributed by atoms with van der Waals surface area (Å²) in [4.78, 5) is 74.4. The maximum atomic E-state index is 15.0. The normalized spacial score (nSPS) is 16.8. The number of hydrogen-bond acceptors (Lipinski definition) is 15. The zero-order chi connectivity index (χ0) is 51.1. The van der Waals surface area contributed by atoms with Crippen molar-refractivity contribution in [2.75, 3.05) is 16.2 Å². The fourth-order valence-corrected chi connectivity index (χ4v) is 13.0. The molecule has 3 amide bonds. The first-order valence-corrected chi connectivity index (χ1v) is 27.1. The minimum atomic E-state index is -1.84. The molecule has 0 bridgehead atoms. The van der Waals surface area contributed by atoms with Gasteiger partial charge in [-0.05, 0) is 31.9 Å². The first-order chi connectivity index (χ1) is 35.3. The Morgan fingerprint density at radius 2 is 1.37 bits per heavy atom. The van der Waals surface area contributed by atoms with Crippen LogP contribution in [-0.2, 0) is 52.1 Å². The predicted molar refractivity (Wildman–Crippen MR) is 282 cm³/mol. The molecule has 73 heavy (non-hydrogen) atoms. The Morgan fingerprint density at radius 1 is 0.822 bits per heavy atom. The van der Waals surface area contributed by atoms with Gasteiger partial charge in [0.2, 0.25) is 5.60 Å². The maximum Gasteiger partial charge on any atom is 0.413 e. The van der Waals surface area contributed by atoms with Crippen molar-refractivity contribution in [2.45, 2.75) is 54.6 Å². The van der Waals surface area contributed by atoms with E-state index in [9.17, 15) is 23.4 Å². The number of nitrogens with one attached hydrogen (secondary N) is 2. The van der Waals surface area contributed by atoms with Crippen molar-refractivity contribution >= 4 is 80.4 Å². The average Bonchev–Trinajstić information content (AvgIpc) is 4.04. The minimum Gasteiger partial charge on any atom is -0.448 e. The number of thiazole rings is 1. The van der Waals surface area contributed by atoms with Gasteiger partial charge in [0.15, 0.2) is 22.1 Å². The van der Waals surface area contributed by atoms with E-state index in [2.05, 4.69) is 30.9 Å². The third-order valence-corrected chi connectivity index (χ3v) is 16.3. The summed E-state index contributed by atoms with van der Waals surface area (Å²) in [5.41, 5.74) is 0.734. The van der Waals surface area contributed by atoms with E-state index >= 15 is 0 Å². The Hall–Kier alpha value is -7.39. The monoisotopic (exact) mass is 1050 g/mol. The molecule has 3 atom stereocenters. The van der Waals surface area contributed by atoms with E-state index in [4.69, 9.17) is 14.3 Å². The van der Waals surface area contributed by atoms with Crippen LogP contribution in [0, 0.1) is 0 Å². The van der Waals surface area contributed by atoms with E-state index < -0.39 is 63.4 Å². The van der Waals surface area contributed by atoms with E-state index in [1.54, 1.807) is 32.5 Å². The van der Waals surface area contributed by atoms with E-state index in [0.717, 1.165) is 11.3 Å². The molecule has 1 unspecified atom stereocenters. The maximum absolute atomic E-state index is 15.0. The van der Waals surface area contributed by atoms with Crippen LogP contribution in [0.5, 0.6) is 0 Å². The number of thioether (sulfide) groups is 2. The van der Waals surface area contributed by atoms with Crippen molar-refractivity contribution in [2.24, 2.45) is 12.2 Å². The van der Waals surface area contributed by atoms with Crippen LogP contribution in [0.4, 0.5) is 9.93 Å². The van der Waals surface area contributed by atoms with Gasteiger partial charge in [0, 0.05) is 34.0 Å². The van der Waals surface area contributed by atoms with Gasteiger partial charge in [0.25, 0.3) is 11.8 Å². The van der Waals surface area contributed by atoms with Crippen LogP contribution in [-0.4, -0.2) is 86.3 Å². The van der Waals surface area contributed by atoms with Crippen LogP contribution in [0.2, 0.25) is 0 Å². The molecule has 5 aromatic carbocycles. The fourth-order valence-electron chi connectivity index (χ4n) is 8.20. The lowest BCUT2D eigenvalue weighted by Gasteiger charge is -2.49. The molecule has 2 aliphatic rings. The standard InChI is InChI=1S/C53H48N8O8S4/c1-52(2,3)68-51(65)58-49-56-39(30-70-49)41(59-69-53(36-24-14-7-15-25-36,37-26-16-8-17-27-37)38-28-18-9-19-29-38)45(62)57-42-46(63)61-43(40(31-73(66)47(42)61)71-33-72-50-54-32-55-60(50)4)48(64)67-44(34-20-10-5-11-21-34)35-22-12-6-13-23-35/h5-30,32,42,44,47H,31,33H2,1-4H3,(H,57,62)(H,56,58,65)/b59-41+/t42-,47-,73?/m1/s1. The highest BCUT2D eigenvalue weighted by Crippen LogP contribution is 2.43. The molecule has 0 saturated carbocycles. The summed E-state index contributed by atoms with van der Waals surface area (Å²) in [6.45, 7) is 5.17. The second-order valence-electron chi connectivity index (χ2n) is 17.5. The van der Waals surface area contributed by atoms with Crippen molar-refractivity contribution in [3.8, 4) is 0 Å². The van der Waals surface area contributed by atoms with Crippen LogP contribution in [0.1, 0.15) is 60.4 Å². The Morgan fingerprint density at radius 3 is 1.89 bits per heavy atom. The van der Waals surface area contributed by atoms with Gasteiger partial charge in [-0.1, -0.05) is 169 Å². The van der Waals surface area contributed by atoms with Crippen molar-refractivity contribution < 1.29 is 37.7 Å². The zero-order valence-corrected chi connectivity index (χ0v) is 43.1. The highest BCUT2D eigenvalue weighted by atomic mass is 32.2. The third kappa shape index (κ3) is 11.2. The lowest BCUT2D eigenvalue weighted by atomic mass is 9.80. The molecule has 0 aliphatic carbocycles. The molecule has 0 spiro atoms. The quantitative estimate of drug-likeness (QED) is 0.0167. The van der Waals surface area contributed by atoms with Gasteiger partial charge in [0.05, 0.1) is 21.6 Å². The lowest BCUT2D eigenvalue weighted by Crippen LogP contribution is -2.74. The summed E-state index contributed by atoms with van der Waals surface area (Å²) < 4.78 is 27.9. The van der Waals surface area contributed by atoms with Crippen LogP contribution < -0.4 is 10.6 Å². The minimum absolute atomic E-state index is 0.0128. The molecule has 2 N–H and O–H groups in total. The zero-order valence-electron chi connectivity index (χ0n) is 39.8. The van der Waals surface area contributed by atoms with Crippen molar-refractivity contribution in [1.29, 1.82) is 0 Å². The summed E-state index contributed by atoms with van der Waals surface area (Å²) in [5, 5.41) is 15.5. The van der Waals surface area contributed by atoms with Crippen LogP contribution in [0.15, 0.2) is 184 Å². The van der Waals surface area contributed by atoms with Gasteiger partial charge in [-0.25, -0.2) is 24.2 Å². The summed E-state index contributed by atoms with van der Waals surface area (Å²) in [5.74, 6) is -2.55. The van der Waals surface area contributed by atoms with E-state index in [0.29, 0.717) is 43.0 Å². The molecule has 7 aromatic rings. The molecule has 0 radical (unpaired) electrons. The highest BCUT2D eigenvalue weighted by Gasteiger charge is 2.58.